The summed E-state index contributed by atoms with van der Waals surface area (Å²) in [5.74, 6) is -0.489. The molecule has 0 radical (unpaired) electrons. The van der Waals surface area contributed by atoms with Crippen molar-refractivity contribution < 1.29 is 9.21 Å². The third kappa shape index (κ3) is 3.24. The van der Waals surface area contributed by atoms with Crippen LogP contribution in [0.15, 0.2) is 52.0 Å². The van der Waals surface area contributed by atoms with Crippen molar-refractivity contribution in [2.45, 2.75) is 13.5 Å². The number of carbonyl (C=O) groups is 1. The van der Waals surface area contributed by atoms with Gasteiger partial charge in [0.05, 0.1) is 5.39 Å². The number of halogens is 1. The first-order valence-electron chi connectivity index (χ1n) is 6.95. The van der Waals surface area contributed by atoms with Gasteiger partial charge in [0.15, 0.2) is 0 Å². The van der Waals surface area contributed by atoms with Gasteiger partial charge in [0, 0.05) is 17.8 Å². The van der Waals surface area contributed by atoms with E-state index in [2.05, 4.69) is 10.3 Å². The van der Waals surface area contributed by atoms with Crippen molar-refractivity contribution in [3.05, 3.63) is 74.7 Å². The van der Waals surface area contributed by atoms with Crippen LogP contribution in [0.5, 0.6) is 0 Å². The van der Waals surface area contributed by atoms with Crippen LogP contribution in [0, 0.1) is 6.92 Å². The summed E-state index contributed by atoms with van der Waals surface area (Å²) in [6.45, 7) is 2.11. The molecule has 2 aromatic heterocycles. The van der Waals surface area contributed by atoms with Crippen molar-refractivity contribution >= 4 is 28.6 Å². The molecule has 0 saturated carbocycles. The molecule has 0 bridgehead atoms. The maximum atomic E-state index is 12.4. The van der Waals surface area contributed by atoms with E-state index in [4.69, 9.17) is 16.0 Å². The Hall–Kier alpha value is -2.66. The van der Waals surface area contributed by atoms with Gasteiger partial charge in [-0.25, -0.2) is 4.98 Å². The predicted molar refractivity (Wildman–Crippen MR) is 87.6 cm³/mol. The third-order valence-electron chi connectivity index (χ3n) is 3.38. The Kier molecular flexibility index (Phi) is 4.12. The lowest BCUT2D eigenvalue weighted by atomic mass is 10.1. The first kappa shape index (κ1) is 15.2. The van der Waals surface area contributed by atoms with Gasteiger partial charge in [-0.1, -0.05) is 23.7 Å². The van der Waals surface area contributed by atoms with Gasteiger partial charge in [-0.15, -0.1) is 0 Å². The van der Waals surface area contributed by atoms with Crippen LogP contribution in [0.25, 0.3) is 11.1 Å². The van der Waals surface area contributed by atoms with Gasteiger partial charge < -0.3 is 9.73 Å². The fraction of sp³-hybridized carbons (Fsp3) is 0.118. The Balaban J connectivity index is 1.84. The highest BCUT2D eigenvalue weighted by atomic mass is 35.5. The molecule has 3 rings (SSSR count). The van der Waals surface area contributed by atoms with Crippen LogP contribution in [-0.4, -0.2) is 10.9 Å². The summed E-state index contributed by atoms with van der Waals surface area (Å²) < 4.78 is 5.28. The molecule has 116 valence electrons. The number of rotatable bonds is 3. The zero-order chi connectivity index (χ0) is 16.4. The van der Waals surface area contributed by atoms with Gasteiger partial charge in [0.1, 0.15) is 11.8 Å². The highest BCUT2D eigenvalue weighted by Gasteiger charge is 2.14. The first-order chi connectivity index (χ1) is 11.0. The number of fused-ring (bicyclic) bond motifs is 1. The predicted octanol–water partition coefficient (Wildman–Crippen LogP) is 3.08. The number of aryl methyl sites for hydroxylation is 1. The third-order valence-corrected chi connectivity index (χ3v) is 3.63. The number of aromatic nitrogens is 1. The number of hydrogen-bond donors (Lipinski definition) is 1. The SMILES string of the molecule is Cc1cnc2occ(C(=O)NCc3ccc(Cl)cc3)c(=O)c2c1. The molecule has 0 atom stereocenters. The summed E-state index contributed by atoms with van der Waals surface area (Å²) in [6.07, 6.45) is 2.75. The molecule has 1 aromatic carbocycles. The van der Waals surface area contributed by atoms with Gasteiger partial charge in [-0.2, -0.15) is 0 Å². The number of hydrogen-bond acceptors (Lipinski definition) is 4. The lowest BCUT2D eigenvalue weighted by Crippen LogP contribution is -2.28. The van der Waals surface area contributed by atoms with Crippen molar-refractivity contribution in [3.8, 4) is 0 Å². The lowest BCUT2D eigenvalue weighted by molar-refractivity contribution is 0.0948. The Morgan fingerprint density at radius 1 is 1.30 bits per heavy atom. The van der Waals surface area contributed by atoms with E-state index >= 15 is 0 Å². The molecule has 6 heteroatoms. The Labute approximate surface area is 136 Å². The Morgan fingerprint density at radius 2 is 2.04 bits per heavy atom. The highest BCUT2D eigenvalue weighted by Crippen LogP contribution is 2.11. The normalized spacial score (nSPS) is 10.7. The van der Waals surface area contributed by atoms with E-state index in [1.54, 1.807) is 36.5 Å². The van der Waals surface area contributed by atoms with E-state index in [1.165, 1.54) is 0 Å². The maximum Gasteiger partial charge on any atom is 0.258 e. The molecule has 0 fully saturated rings. The smallest absolute Gasteiger partial charge is 0.258 e. The van der Waals surface area contributed by atoms with Gasteiger partial charge in [-0.05, 0) is 36.2 Å². The molecule has 23 heavy (non-hydrogen) atoms. The standard InChI is InChI=1S/C17H13ClN2O3/c1-10-6-13-15(21)14(9-23-17(13)20-7-10)16(22)19-8-11-2-4-12(18)5-3-11/h2-7,9H,8H2,1H3,(H,19,22). The lowest BCUT2D eigenvalue weighted by Gasteiger charge is -2.06. The molecule has 0 unspecified atom stereocenters. The quantitative estimate of drug-likeness (QED) is 0.802. The van der Waals surface area contributed by atoms with E-state index in [1.807, 2.05) is 6.92 Å². The van der Waals surface area contributed by atoms with Crippen LogP contribution in [0.1, 0.15) is 21.5 Å². The fourth-order valence-corrected chi connectivity index (χ4v) is 2.29. The Morgan fingerprint density at radius 3 is 2.78 bits per heavy atom. The summed E-state index contributed by atoms with van der Waals surface area (Å²) in [6, 6.07) is 8.74. The van der Waals surface area contributed by atoms with Crippen molar-refractivity contribution in [3.63, 3.8) is 0 Å². The second-order valence-electron chi connectivity index (χ2n) is 5.15. The zero-order valence-electron chi connectivity index (χ0n) is 12.3. The molecule has 0 aliphatic rings. The van der Waals surface area contributed by atoms with Crippen LogP contribution in [0.4, 0.5) is 0 Å². The summed E-state index contributed by atoms with van der Waals surface area (Å²) in [5, 5.41) is 3.61. The molecular weight excluding hydrogens is 316 g/mol. The second kappa shape index (κ2) is 6.22. The molecular formula is C17H13ClN2O3. The fourth-order valence-electron chi connectivity index (χ4n) is 2.16. The number of benzene rings is 1. The molecule has 1 N–H and O–H groups in total. The zero-order valence-corrected chi connectivity index (χ0v) is 13.1. The maximum absolute atomic E-state index is 12.4. The van der Waals surface area contributed by atoms with Gasteiger partial charge in [-0.3, -0.25) is 9.59 Å². The highest BCUT2D eigenvalue weighted by molar-refractivity contribution is 6.30. The van der Waals surface area contributed by atoms with Gasteiger partial charge in [0.25, 0.3) is 5.91 Å². The molecule has 1 amide bonds. The minimum absolute atomic E-state index is 0.0427. The largest absolute Gasteiger partial charge is 0.445 e. The summed E-state index contributed by atoms with van der Waals surface area (Å²) >= 11 is 5.81. The van der Waals surface area contributed by atoms with Crippen molar-refractivity contribution in [1.82, 2.24) is 10.3 Å². The van der Waals surface area contributed by atoms with Crippen LogP contribution >= 0.6 is 11.6 Å². The van der Waals surface area contributed by atoms with E-state index < -0.39 is 11.3 Å². The van der Waals surface area contributed by atoms with Gasteiger partial charge >= 0.3 is 0 Å². The average Bonchev–Trinajstić information content (AvgIpc) is 2.55. The molecule has 3 aromatic rings. The average molecular weight is 329 g/mol. The molecule has 5 nitrogen and oxygen atoms in total. The van der Waals surface area contributed by atoms with Crippen molar-refractivity contribution in [1.29, 1.82) is 0 Å². The second-order valence-corrected chi connectivity index (χ2v) is 5.59. The minimum Gasteiger partial charge on any atom is -0.445 e. The summed E-state index contributed by atoms with van der Waals surface area (Å²) in [4.78, 5) is 28.6. The Bertz CT molecular complexity index is 933. The van der Waals surface area contributed by atoms with E-state index in [0.717, 1.165) is 17.4 Å². The first-order valence-corrected chi connectivity index (χ1v) is 7.33. The summed E-state index contributed by atoms with van der Waals surface area (Å²) in [5.41, 5.74) is 1.48. The van der Waals surface area contributed by atoms with Crippen LogP contribution in [-0.2, 0) is 6.54 Å². The van der Waals surface area contributed by atoms with Crippen LogP contribution in [0.3, 0.4) is 0 Å². The topological polar surface area (TPSA) is 72.2 Å². The van der Waals surface area contributed by atoms with Crippen molar-refractivity contribution in [2.75, 3.05) is 0 Å². The van der Waals surface area contributed by atoms with E-state index in [-0.39, 0.29) is 11.3 Å². The molecule has 0 aliphatic carbocycles. The molecule has 0 saturated heterocycles. The monoisotopic (exact) mass is 328 g/mol. The number of amides is 1. The molecule has 2 heterocycles. The van der Waals surface area contributed by atoms with E-state index in [9.17, 15) is 9.59 Å². The van der Waals surface area contributed by atoms with Gasteiger partial charge in [0.2, 0.25) is 11.1 Å². The number of carbonyl (C=O) groups excluding carboxylic acids is 1. The minimum atomic E-state index is -0.489. The molecule has 0 aliphatic heterocycles. The number of nitrogens with zero attached hydrogens (tertiary/aromatic N) is 1. The van der Waals surface area contributed by atoms with E-state index in [0.29, 0.717) is 17.0 Å². The molecule has 0 spiro atoms. The number of nitrogens with one attached hydrogen (secondary N) is 1. The van der Waals surface area contributed by atoms with Crippen LogP contribution in [0.2, 0.25) is 5.02 Å². The van der Waals surface area contributed by atoms with Crippen molar-refractivity contribution in [2.24, 2.45) is 0 Å². The summed E-state index contributed by atoms with van der Waals surface area (Å²) in [7, 11) is 0. The number of pyridine rings is 1. The van der Waals surface area contributed by atoms with Crippen LogP contribution < -0.4 is 10.7 Å².